The van der Waals surface area contributed by atoms with Crippen LogP contribution in [0.1, 0.15) is 25.0 Å². The van der Waals surface area contributed by atoms with Crippen LogP contribution in [0.5, 0.6) is 0 Å². The molecule has 0 amide bonds. The number of rotatable bonds is 8. The van der Waals surface area contributed by atoms with Crippen molar-refractivity contribution in [3.05, 3.63) is 266 Å². The molecule has 2 nitrogen and oxygen atoms in total. The van der Waals surface area contributed by atoms with Gasteiger partial charge < -0.3 is 9.47 Å². The van der Waals surface area contributed by atoms with Crippen molar-refractivity contribution in [2.75, 3.05) is 4.90 Å². The van der Waals surface area contributed by atoms with Crippen LogP contribution in [0.3, 0.4) is 0 Å². The second kappa shape index (κ2) is 16.3. The molecule has 0 saturated heterocycles. The van der Waals surface area contributed by atoms with Crippen LogP contribution in [0, 0.1) is 0 Å². The lowest BCUT2D eigenvalue weighted by molar-refractivity contribution is 0.660. The molecule has 2 heteroatoms. The van der Waals surface area contributed by atoms with Gasteiger partial charge in [-0.3, -0.25) is 0 Å². The average Bonchev–Trinajstić information content (AvgIpc) is 3.86. The van der Waals surface area contributed by atoms with Crippen molar-refractivity contribution in [1.82, 2.24) is 4.57 Å². The van der Waals surface area contributed by atoms with Gasteiger partial charge in [0.1, 0.15) is 0 Å². The second-order valence-corrected chi connectivity index (χ2v) is 18.9. The van der Waals surface area contributed by atoms with Gasteiger partial charge in [-0.2, -0.15) is 0 Å². The molecule has 0 unspecified atom stereocenters. The number of benzene rings is 11. The Bertz CT molecular complexity index is 3890. The van der Waals surface area contributed by atoms with E-state index in [1.54, 1.807) is 0 Å². The fourth-order valence-corrected chi connectivity index (χ4v) is 11.1. The van der Waals surface area contributed by atoms with Crippen molar-refractivity contribution >= 4 is 49.6 Å². The number of hydrogen-bond acceptors (Lipinski definition) is 1. The lowest BCUT2D eigenvalue weighted by atomic mass is 9.82. The summed E-state index contributed by atoms with van der Waals surface area (Å²) in [5, 5.41) is 4.99. The first-order chi connectivity index (χ1) is 34.0. The maximum absolute atomic E-state index is 2.46. The molecule has 0 spiro atoms. The third-order valence-electron chi connectivity index (χ3n) is 14.6. The number of hydrogen-bond donors (Lipinski definition) is 0. The highest BCUT2D eigenvalue weighted by Crippen LogP contribution is 2.51. The van der Waals surface area contributed by atoms with E-state index in [4.69, 9.17) is 0 Å². The summed E-state index contributed by atoms with van der Waals surface area (Å²) in [5.74, 6) is 0. The minimum absolute atomic E-state index is 0.125. The zero-order valence-electron chi connectivity index (χ0n) is 38.6. The number of nitrogens with zero attached hydrogens (tertiary/aromatic N) is 2. The quantitative estimate of drug-likeness (QED) is 0.148. The van der Waals surface area contributed by atoms with E-state index in [0.29, 0.717) is 0 Å². The first-order valence-electron chi connectivity index (χ1n) is 24.0. The monoisotopic (exact) mass is 880 g/mol. The van der Waals surface area contributed by atoms with E-state index in [1.807, 2.05) is 0 Å². The van der Waals surface area contributed by atoms with E-state index in [9.17, 15) is 0 Å². The highest BCUT2D eigenvalue weighted by molar-refractivity contribution is 6.11. The van der Waals surface area contributed by atoms with Crippen molar-refractivity contribution in [3.63, 3.8) is 0 Å². The molecule has 0 radical (unpaired) electrons. The van der Waals surface area contributed by atoms with Crippen molar-refractivity contribution in [2.24, 2.45) is 0 Å². The summed E-state index contributed by atoms with van der Waals surface area (Å²) in [6.45, 7) is 4.72. The molecule has 69 heavy (non-hydrogen) atoms. The van der Waals surface area contributed by atoms with Gasteiger partial charge in [0.25, 0.3) is 0 Å². The summed E-state index contributed by atoms with van der Waals surface area (Å²) in [6.07, 6.45) is 0. The fourth-order valence-electron chi connectivity index (χ4n) is 11.1. The molecule has 1 aliphatic rings. The van der Waals surface area contributed by atoms with Gasteiger partial charge in [0.05, 0.1) is 16.7 Å². The van der Waals surface area contributed by atoms with Crippen LogP contribution in [0.2, 0.25) is 0 Å². The minimum Gasteiger partial charge on any atom is -0.310 e. The number of aromatic nitrogens is 1. The Hall–Kier alpha value is -8.72. The maximum atomic E-state index is 2.46. The van der Waals surface area contributed by atoms with E-state index >= 15 is 0 Å². The van der Waals surface area contributed by atoms with Gasteiger partial charge in [-0.1, -0.05) is 214 Å². The van der Waals surface area contributed by atoms with Gasteiger partial charge in [-0.25, -0.2) is 0 Å². The standard InChI is InChI=1S/C67H48N2/c1-67(2)62-24-11-8-21-58(62)59-42-40-54(44-63(59)67)68(52-36-31-49(32-37-52)56-23-14-18-48-17-6-7-19-55(48)56)53-38-33-50(34-39-53)57-20-9-12-25-64(57)69-65-26-13-10-22-60(65)61-41-35-51(43-66(61)69)47-29-27-46(28-30-47)45-15-4-3-5-16-45/h3-44H,1-2H3. The van der Waals surface area contributed by atoms with Gasteiger partial charge in [-0.05, 0) is 127 Å². The second-order valence-electron chi connectivity index (χ2n) is 18.9. The summed E-state index contributed by atoms with van der Waals surface area (Å²) >= 11 is 0. The zero-order chi connectivity index (χ0) is 46.1. The Morgan fingerprint density at radius 3 is 1.58 bits per heavy atom. The Morgan fingerprint density at radius 2 is 0.812 bits per heavy atom. The third kappa shape index (κ3) is 6.79. The predicted octanol–water partition coefficient (Wildman–Crippen LogP) is 18.4. The molecule has 0 N–H and O–H groups in total. The van der Waals surface area contributed by atoms with Crippen LogP contribution in [0.25, 0.3) is 93.9 Å². The number of fused-ring (bicyclic) bond motifs is 7. The summed E-state index contributed by atoms with van der Waals surface area (Å²) < 4.78 is 2.46. The molecule has 0 fully saturated rings. The average molecular weight is 881 g/mol. The summed E-state index contributed by atoms with van der Waals surface area (Å²) in [6, 6.07) is 93.6. The van der Waals surface area contributed by atoms with Gasteiger partial charge in [0.15, 0.2) is 0 Å². The normalized spacial score (nSPS) is 12.6. The third-order valence-corrected chi connectivity index (χ3v) is 14.6. The van der Waals surface area contributed by atoms with Crippen molar-refractivity contribution in [3.8, 4) is 61.3 Å². The minimum atomic E-state index is -0.125. The van der Waals surface area contributed by atoms with Gasteiger partial charge in [0, 0.05) is 38.8 Å². The topological polar surface area (TPSA) is 8.17 Å². The van der Waals surface area contributed by atoms with Crippen LogP contribution in [-0.2, 0) is 5.41 Å². The Kier molecular flexibility index (Phi) is 9.55. The first-order valence-corrected chi connectivity index (χ1v) is 24.0. The Balaban J connectivity index is 0.911. The van der Waals surface area contributed by atoms with E-state index < -0.39 is 0 Å². The Labute approximate surface area is 403 Å². The van der Waals surface area contributed by atoms with E-state index in [-0.39, 0.29) is 5.41 Å². The van der Waals surface area contributed by atoms with Gasteiger partial charge in [0.2, 0.25) is 0 Å². The molecule has 0 atom stereocenters. The molecule has 13 rings (SSSR count). The molecule has 326 valence electrons. The molecule has 0 aliphatic heterocycles. The lowest BCUT2D eigenvalue weighted by Gasteiger charge is -2.28. The molecular formula is C67H48N2. The van der Waals surface area contributed by atoms with E-state index in [0.717, 1.165) is 28.3 Å². The van der Waals surface area contributed by atoms with Crippen molar-refractivity contribution < 1.29 is 0 Å². The van der Waals surface area contributed by atoms with Crippen LogP contribution in [0.15, 0.2) is 255 Å². The van der Waals surface area contributed by atoms with Crippen LogP contribution < -0.4 is 4.90 Å². The first kappa shape index (κ1) is 40.5. The number of para-hydroxylation sites is 2. The molecule has 1 heterocycles. The summed E-state index contributed by atoms with van der Waals surface area (Å²) in [4.78, 5) is 2.42. The van der Waals surface area contributed by atoms with Crippen LogP contribution >= 0.6 is 0 Å². The smallest absolute Gasteiger partial charge is 0.0547 e. The van der Waals surface area contributed by atoms with Gasteiger partial charge in [-0.15, -0.1) is 0 Å². The lowest BCUT2D eigenvalue weighted by Crippen LogP contribution is -2.16. The van der Waals surface area contributed by atoms with Gasteiger partial charge >= 0.3 is 0 Å². The fraction of sp³-hybridized carbons (Fsp3) is 0.0448. The number of anilines is 3. The largest absolute Gasteiger partial charge is 0.310 e. The van der Waals surface area contributed by atoms with Crippen molar-refractivity contribution in [2.45, 2.75) is 19.3 Å². The molecule has 1 aliphatic carbocycles. The van der Waals surface area contributed by atoms with Crippen LogP contribution in [0.4, 0.5) is 17.1 Å². The molecule has 12 aromatic rings. The maximum Gasteiger partial charge on any atom is 0.0547 e. The zero-order valence-corrected chi connectivity index (χ0v) is 38.6. The molecule has 1 aromatic heterocycles. The summed E-state index contributed by atoms with van der Waals surface area (Å²) in [7, 11) is 0. The SMILES string of the molecule is CC1(C)c2ccccc2-c2ccc(N(c3ccc(-c4ccccc4-n4c5ccccc5c5ccc(-c6ccc(-c7ccccc7)cc6)cc54)cc3)c3ccc(-c4cccc5ccccc45)cc3)cc21. The summed E-state index contributed by atoms with van der Waals surface area (Å²) in [5.41, 5.74) is 21.7. The predicted molar refractivity (Wildman–Crippen MR) is 292 cm³/mol. The van der Waals surface area contributed by atoms with E-state index in [2.05, 4.69) is 278 Å². The molecular weight excluding hydrogens is 833 g/mol. The van der Waals surface area contributed by atoms with Crippen LogP contribution in [-0.4, -0.2) is 4.57 Å². The van der Waals surface area contributed by atoms with E-state index in [1.165, 1.54) is 93.8 Å². The molecule has 11 aromatic carbocycles. The van der Waals surface area contributed by atoms with Crippen molar-refractivity contribution in [1.29, 1.82) is 0 Å². The highest BCUT2D eigenvalue weighted by atomic mass is 15.1. The highest BCUT2D eigenvalue weighted by Gasteiger charge is 2.35. The Morgan fingerprint density at radius 1 is 0.304 bits per heavy atom. The molecule has 0 saturated carbocycles. The molecule has 0 bridgehead atoms.